The maximum Gasteiger partial charge on any atom is 0.0995 e. The van der Waals surface area contributed by atoms with Gasteiger partial charge >= 0.3 is 0 Å². The van der Waals surface area contributed by atoms with Gasteiger partial charge in [0.1, 0.15) is 0 Å². The summed E-state index contributed by atoms with van der Waals surface area (Å²) >= 11 is 5.92. The Hall–Kier alpha value is -1.32. The molecule has 4 heteroatoms. The van der Waals surface area contributed by atoms with E-state index < -0.39 is 0 Å². The van der Waals surface area contributed by atoms with E-state index in [1.165, 1.54) is 0 Å². The van der Waals surface area contributed by atoms with Crippen molar-refractivity contribution in [3.8, 4) is 5.69 Å². The van der Waals surface area contributed by atoms with E-state index in [-0.39, 0.29) is 0 Å². The molecule has 0 fully saturated rings. The van der Waals surface area contributed by atoms with Crippen LogP contribution in [0, 0.1) is 6.92 Å². The quantitative estimate of drug-likeness (QED) is 0.888. The summed E-state index contributed by atoms with van der Waals surface area (Å²) < 4.78 is 2.00. The van der Waals surface area contributed by atoms with Crippen LogP contribution in [0.3, 0.4) is 0 Å². The SMILES string of the molecule is Cc1cc(Cl)ccc1-n1cnc(CCN)c1. The van der Waals surface area contributed by atoms with E-state index in [9.17, 15) is 0 Å². The molecule has 0 saturated carbocycles. The normalized spacial score (nSPS) is 10.7. The standard InChI is InChI=1S/C12H14ClN3/c1-9-6-10(13)2-3-12(9)16-7-11(4-5-14)15-8-16/h2-3,6-8H,4-5,14H2,1H3. The first kappa shape index (κ1) is 11.2. The molecule has 0 atom stereocenters. The minimum absolute atomic E-state index is 0.622. The molecular formula is C12H14ClN3. The lowest BCUT2D eigenvalue weighted by Crippen LogP contribution is -2.02. The number of halogens is 1. The number of rotatable bonds is 3. The molecule has 0 spiro atoms. The molecule has 16 heavy (non-hydrogen) atoms. The van der Waals surface area contributed by atoms with Crippen LogP contribution >= 0.6 is 11.6 Å². The molecule has 0 radical (unpaired) electrons. The van der Waals surface area contributed by atoms with E-state index in [2.05, 4.69) is 4.98 Å². The van der Waals surface area contributed by atoms with Crippen LogP contribution in [0.1, 0.15) is 11.3 Å². The number of imidazole rings is 1. The molecule has 1 heterocycles. The average molecular weight is 236 g/mol. The zero-order valence-electron chi connectivity index (χ0n) is 9.15. The summed E-state index contributed by atoms with van der Waals surface area (Å²) in [5, 5.41) is 0.753. The van der Waals surface area contributed by atoms with Crippen molar-refractivity contribution < 1.29 is 0 Å². The highest BCUT2D eigenvalue weighted by atomic mass is 35.5. The van der Waals surface area contributed by atoms with Crippen molar-refractivity contribution in [2.24, 2.45) is 5.73 Å². The first-order valence-corrected chi connectivity index (χ1v) is 5.58. The summed E-state index contributed by atoms with van der Waals surface area (Å²) in [6, 6.07) is 5.82. The zero-order chi connectivity index (χ0) is 11.5. The van der Waals surface area contributed by atoms with Crippen molar-refractivity contribution in [1.82, 2.24) is 9.55 Å². The predicted molar refractivity (Wildman–Crippen MR) is 66.1 cm³/mol. The summed E-state index contributed by atoms with van der Waals surface area (Å²) in [5.74, 6) is 0. The van der Waals surface area contributed by atoms with Gasteiger partial charge in [0.2, 0.25) is 0 Å². The van der Waals surface area contributed by atoms with Crippen molar-refractivity contribution in [1.29, 1.82) is 0 Å². The topological polar surface area (TPSA) is 43.8 Å². The lowest BCUT2D eigenvalue weighted by molar-refractivity contribution is 0.934. The fourth-order valence-electron chi connectivity index (χ4n) is 1.68. The van der Waals surface area contributed by atoms with Gasteiger partial charge in [0, 0.05) is 23.3 Å². The van der Waals surface area contributed by atoms with Crippen LogP contribution < -0.4 is 5.73 Å². The first-order chi connectivity index (χ1) is 7.70. The van der Waals surface area contributed by atoms with Crippen LogP contribution in [0.25, 0.3) is 5.69 Å². The van der Waals surface area contributed by atoms with Crippen molar-refractivity contribution >= 4 is 11.6 Å². The van der Waals surface area contributed by atoms with Crippen LogP contribution in [0.4, 0.5) is 0 Å². The molecule has 2 aromatic rings. The molecule has 0 bridgehead atoms. The van der Waals surface area contributed by atoms with Crippen LogP contribution in [0.15, 0.2) is 30.7 Å². The van der Waals surface area contributed by atoms with Crippen molar-refractivity contribution in [3.63, 3.8) is 0 Å². The maximum absolute atomic E-state index is 5.92. The molecule has 3 nitrogen and oxygen atoms in total. The third-order valence-corrected chi connectivity index (χ3v) is 2.71. The van der Waals surface area contributed by atoms with E-state index >= 15 is 0 Å². The predicted octanol–water partition coefficient (Wildman–Crippen LogP) is 2.34. The van der Waals surface area contributed by atoms with E-state index in [0.29, 0.717) is 6.54 Å². The summed E-state index contributed by atoms with van der Waals surface area (Å²) in [6.07, 6.45) is 4.62. The number of aryl methyl sites for hydroxylation is 1. The number of nitrogens with two attached hydrogens (primary N) is 1. The van der Waals surface area contributed by atoms with E-state index in [1.54, 1.807) is 6.33 Å². The maximum atomic E-state index is 5.92. The van der Waals surface area contributed by atoms with Crippen molar-refractivity contribution in [2.45, 2.75) is 13.3 Å². The molecule has 0 amide bonds. The van der Waals surface area contributed by atoms with Gasteiger partial charge in [-0.15, -0.1) is 0 Å². The fraction of sp³-hybridized carbons (Fsp3) is 0.250. The minimum atomic E-state index is 0.622. The minimum Gasteiger partial charge on any atom is -0.330 e. The summed E-state index contributed by atoms with van der Waals surface area (Å²) in [4.78, 5) is 4.30. The largest absolute Gasteiger partial charge is 0.330 e. The Bertz CT molecular complexity index is 491. The smallest absolute Gasteiger partial charge is 0.0995 e. The molecule has 1 aromatic heterocycles. The Morgan fingerprint density at radius 3 is 2.94 bits per heavy atom. The second-order valence-electron chi connectivity index (χ2n) is 3.74. The lowest BCUT2D eigenvalue weighted by Gasteiger charge is -2.06. The van der Waals surface area contributed by atoms with Gasteiger partial charge in [0.15, 0.2) is 0 Å². The summed E-state index contributed by atoms with van der Waals surface area (Å²) in [7, 11) is 0. The number of aromatic nitrogens is 2. The van der Waals surface area contributed by atoms with Crippen LogP contribution in [-0.2, 0) is 6.42 Å². The zero-order valence-corrected chi connectivity index (χ0v) is 9.91. The van der Waals surface area contributed by atoms with Gasteiger partial charge < -0.3 is 10.3 Å². The van der Waals surface area contributed by atoms with Gasteiger partial charge in [-0.05, 0) is 37.2 Å². The van der Waals surface area contributed by atoms with Gasteiger partial charge in [-0.3, -0.25) is 0 Å². The molecule has 0 aliphatic carbocycles. The molecule has 0 saturated heterocycles. The number of nitrogens with zero attached hydrogens (tertiary/aromatic N) is 2. The van der Waals surface area contributed by atoms with Crippen molar-refractivity contribution in [3.05, 3.63) is 47.0 Å². The van der Waals surface area contributed by atoms with Gasteiger partial charge in [-0.1, -0.05) is 11.6 Å². The second-order valence-corrected chi connectivity index (χ2v) is 4.18. The lowest BCUT2D eigenvalue weighted by atomic mass is 10.2. The highest BCUT2D eigenvalue weighted by Crippen LogP contribution is 2.19. The van der Waals surface area contributed by atoms with Crippen LogP contribution in [0.5, 0.6) is 0 Å². The second kappa shape index (κ2) is 4.68. The molecular weight excluding hydrogens is 222 g/mol. The molecule has 0 aliphatic rings. The molecule has 84 valence electrons. The van der Waals surface area contributed by atoms with Crippen molar-refractivity contribution in [2.75, 3.05) is 6.54 Å². The third-order valence-electron chi connectivity index (χ3n) is 2.47. The first-order valence-electron chi connectivity index (χ1n) is 5.20. The highest BCUT2D eigenvalue weighted by molar-refractivity contribution is 6.30. The number of hydrogen-bond acceptors (Lipinski definition) is 2. The van der Waals surface area contributed by atoms with Gasteiger partial charge in [0.05, 0.1) is 12.0 Å². The fourth-order valence-corrected chi connectivity index (χ4v) is 1.91. The molecule has 0 unspecified atom stereocenters. The highest BCUT2D eigenvalue weighted by Gasteiger charge is 2.03. The van der Waals surface area contributed by atoms with Crippen LogP contribution in [-0.4, -0.2) is 16.1 Å². The Morgan fingerprint density at radius 2 is 2.25 bits per heavy atom. The average Bonchev–Trinajstić information content (AvgIpc) is 2.67. The summed E-state index contributed by atoms with van der Waals surface area (Å²) in [6.45, 7) is 2.65. The Balaban J connectivity index is 2.35. The van der Waals surface area contributed by atoms with Gasteiger partial charge in [-0.2, -0.15) is 0 Å². The molecule has 1 aromatic carbocycles. The molecule has 2 N–H and O–H groups in total. The Labute approximate surface area is 99.9 Å². The van der Waals surface area contributed by atoms with Gasteiger partial charge in [0.25, 0.3) is 0 Å². The summed E-state index contributed by atoms with van der Waals surface area (Å²) in [5.41, 5.74) is 8.73. The van der Waals surface area contributed by atoms with Crippen LogP contribution in [0.2, 0.25) is 5.02 Å². The van der Waals surface area contributed by atoms with E-state index in [0.717, 1.165) is 28.4 Å². The monoisotopic (exact) mass is 235 g/mol. The number of hydrogen-bond donors (Lipinski definition) is 1. The van der Waals surface area contributed by atoms with E-state index in [1.807, 2.05) is 35.9 Å². The Kier molecular flexibility index (Phi) is 3.27. The molecule has 2 rings (SSSR count). The number of benzene rings is 1. The third kappa shape index (κ3) is 2.26. The van der Waals surface area contributed by atoms with E-state index in [4.69, 9.17) is 17.3 Å². The Morgan fingerprint density at radius 1 is 1.44 bits per heavy atom. The molecule has 0 aliphatic heterocycles. The van der Waals surface area contributed by atoms with Gasteiger partial charge in [-0.25, -0.2) is 4.98 Å².